The number of benzene rings is 6. The molecule has 18 heteroatoms. The monoisotopic (exact) mass is 1310 g/mol. The van der Waals surface area contributed by atoms with E-state index in [9.17, 15) is 44.7 Å². The van der Waals surface area contributed by atoms with Crippen molar-refractivity contribution in [2.75, 3.05) is 26.4 Å². The lowest BCUT2D eigenvalue weighted by molar-refractivity contribution is -0.405. The Kier molecular flexibility index (Phi) is 19.2. The molecule has 4 unspecified atom stereocenters. The van der Waals surface area contributed by atoms with Crippen LogP contribution in [0.3, 0.4) is 0 Å². The number of halogens is 8. The lowest BCUT2D eigenvalue weighted by atomic mass is 9.51. The summed E-state index contributed by atoms with van der Waals surface area (Å²) in [6, 6.07) is 53.6. The Hall–Kier alpha value is -5.76. The number of ether oxygens (including phenoxy) is 6. The maximum Gasteiger partial charge on any atom is 0.377 e. The van der Waals surface area contributed by atoms with Gasteiger partial charge in [-0.1, -0.05) is 106 Å². The molecule has 10 fully saturated rings. The molecule has 16 rings (SSSR count). The van der Waals surface area contributed by atoms with E-state index < -0.39 is 84.8 Å². The summed E-state index contributed by atoms with van der Waals surface area (Å²) in [6.45, 7) is 11.1. The molecule has 92 heavy (non-hydrogen) atoms. The normalized spacial score (nSPS) is 27.3. The maximum absolute atomic E-state index is 13.4. The maximum atomic E-state index is 13.4. The molecule has 2 aliphatic heterocycles. The summed E-state index contributed by atoms with van der Waals surface area (Å²) in [4.78, 5) is 31.6. The van der Waals surface area contributed by atoms with E-state index in [2.05, 4.69) is 187 Å². The number of esters is 2. The molecule has 8 bridgehead atoms. The second-order valence-corrected chi connectivity index (χ2v) is 31.5. The molecule has 2 heterocycles. The van der Waals surface area contributed by atoms with Gasteiger partial charge in [-0.2, -0.15) is 17.6 Å². The molecule has 0 amide bonds. The average Bonchev–Trinajstić information content (AvgIpc) is 0.711. The van der Waals surface area contributed by atoms with Crippen LogP contribution in [-0.2, 0) is 59.8 Å². The van der Waals surface area contributed by atoms with E-state index in [1.54, 1.807) is 0 Å². The highest BCUT2D eigenvalue weighted by atomic mass is 32.2. The molecule has 6 aromatic carbocycles. The van der Waals surface area contributed by atoms with Gasteiger partial charge in [-0.3, -0.25) is 0 Å². The van der Waals surface area contributed by atoms with Gasteiger partial charge in [0.05, 0.1) is 21.8 Å². The molecular formula is C74H82F8O8S2+2. The standard InChI is InChI=1S/2C21H21S.2C16H20F4O4/c2*1-16-4-10-19(11-5-16)22(20-12-6-17(2)7-13-20)21-14-8-18(3)9-15-21;2*1-13(17,18)12(21)24-14-4-9-2-10(5-14)16(11(3-9)6-14)22-7-15(19,20)8-23-16/h2*4-15H,1-3H3;2*9-11H,2-8H2,1H3/q2*+1;;. The molecule has 8 nitrogen and oxygen atoms in total. The number of alkyl halides is 8. The molecule has 0 N–H and O–H groups in total. The first-order valence-electron chi connectivity index (χ1n) is 31.8. The summed E-state index contributed by atoms with van der Waals surface area (Å²) in [7, 11) is -0.0789. The second-order valence-electron chi connectivity index (χ2n) is 27.4. The molecule has 10 aliphatic rings. The van der Waals surface area contributed by atoms with Gasteiger partial charge in [0.1, 0.15) is 37.6 Å². The highest BCUT2D eigenvalue weighted by Gasteiger charge is 2.69. The van der Waals surface area contributed by atoms with Gasteiger partial charge in [-0.25, -0.2) is 27.2 Å². The van der Waals surface area contributed by atoms with Crippen LogP contribution in [0.4, 0.5) is 35.1 Å². The first-order valence-corrected chi connectivity index (χ1v) is 34.2. The van der Waals surface area contributed by atoms with Crippen LogP contribution in [0.1, 0.15) is 111 Å². The largest absolute Gasteiger partial charge is 0.455 e. The molecule has 492 valence electrons. The summed E-state index contributed by atoms with van der Waals surface area (Å²) in [6.07, 6.45) is 5.31. The molecule has 2 spiro atoms. The molecule has 8 aliphatic carbocycles. The van der Waals surface area contributed by atoms with E-state index in [1.807, 2.05) is 0 Å². The third-order valence-electron chi connectivity index (χ3n) is 19.5. The summed E-state index contributed by atoms with van der Waals surface area (Å²) in [5, 5.41) is 0. The van der Waals surface area contributed by atoms with Crippen LogP contribution in [0.25, 0.3) is 0 Å². The van der Waals surface area contributed by atoms with Gasteiger partial charge in [0.2, 0.25) is 0 Å². The van der Waals surface area contributed by atoms with Crippen LogP contribution >= 0.6 is 0 Å². The third kappa shape index (κ3) is 14.9. The van der Waals surface area contributed by atoms with Crippen LogP contribution in [0.15, 0.2) is 175 Å². The van der Waals surface area contributed by atoms with Crippen LogP contribution in [0.2, 0.25) is 0 Å². The van der Waals surface area contributed by atoms with Crippen LogP contribution < -0.4 is 0 Å². The number of aryl methyl sites for hydroxylation is 6. The van der Waals surface area contributed by atoms with Gasteiger partial charge < -0.3 is 28.4 Å². The predicted molar refractivity (Wildman–Crippen MR) is 337 cm³/mol. The van der Waals surface area contributed by atoms with Crippen molar-refractivity contribution < 1.29 is 73.1 Å². The van der Waals surface area contributed by atoms with E-state index in [1.165, 1.54) is 62.8 Å². The van der Waals surface area contributed by atoms with Gasteiger partial charge in [0.25, 0.3) is 11.8 Å². The Morgan fingerprint density at radius 1 is 0.370 bits per heavy atom. The van der Waals surface area contributed by atoms with E-state index in [0.717, 1.165) is 25.7 Å². The fourth-order valence-electron chi connectivity index (χ4n) is 15.4. The Morgan fingerprint density at radius 2 is 0.565 bits per heavy atom. The Morgan fingerprint density at radius 3 is 0.750 bits per heavy atom. The molecule has 2 saturated heterocycles. The van der Waals surface area contributed by atoms with E-state index in [-0.39, 0.29) is 57.3 Å². The number of carbonyl (C=O) groups is 2. The smallest absolute Gasteiger partial charge is 0.377 e. The first-order chi connectivity index (χ1) is 43.3. The molecule has 0 aromatic heterocycles. The predicted octanol–water partition coefficient (Wildman–Crippen LogP) is 17.7. The van der Waals surface area contributed by atoms with Gasteiger partial charge in [-0.05, 0) is 190 Å². The average molecular weight is 1320 g/mol. The summed E-state index contributed by atoms with van der Waals surface area (Å²) in [5.41, 5.74) is 5.95. The summed E-state index contributed by atoms with van der Waals surface area (Å²) >= 11 is 0. The fourth-order valence-corrected chi connectivity index (χ4v) is 19.5. The fraction of sp³-hybridized carbons (Fsp3) is 0.486. The van der Waals surface area contributed by atoms with Crippen molar-refractivity contribution in [2.24, 2.45) is 35.5 Å². The number of rotatable bonds is 10. The topological polar surface area (TPSA) is 89.5 Å². The minimum atomic E-state index is -3.54. The lowest BCUT2D eigenvalue weighted by Gasteiger charge is -2.64. The van der Waals surface area contributed by atoms with Gasteiger partial charge >= 0.3 is 23.8 Å². The number of hydrogen-bond acceptors (Lipinski definition) is 8. The van der Waals surface area contributed by atoms with Crippen molar-refractivity contribution >= 4 is 33.7 Å². The third-order valence-corrected chi connectivity index (χ3v) is 23.9. The van der Waals surface area contributed by atoms with Crippen molar-refractivity contribution in [3.63, 3.8) is 0 Å². The van der Waals surface area contributed by atoms with Crippen LogP contribution in [-0.4, -0.2) is 84.8 Å². The first kappa shape index (κ1) is 67.7. The SMILES string of the molecule is CC(F)(F)C(=O)OC12CC3CC(C1)C1(OCC(F)(F)CO1)C(C3)C2.CC(F)(F)C(=O)OC12CC3CC(C1)C1(OCC(F)(F)CO1)C(C3)C2.Cc1ccc([S+](c2ccc(C)cc2)c2ccc(C)cc2)cc1.Cc1ccc([S+](c2ccc(C)cc2)c2ccc(C)cc2)cc1. The summed E-state index contributed by atoms with van der Waals surface area (Å²) < 4.78 is 139. The molecule has 0 radical (unpaired) electrons. The van der Waals surface area contributed by atoms with E-state index in [0.29, 0.717) is 52.4 Å². The minimum absolute atomic E-state index is 0.0394. The minimum Gasteiger partial charge on any atom is -0.455 e. The van der Waals surface area contributed by atoms with Crippen LogP contribution in [0.5, 0.6) is 0 Å². The van der Waals surface area contributed by atoms with Crippen molar-refractivity contribution in [3.8, 4) is 0 Å². The van der Waals surface area contributed by atoms with Crippen molar-refractivity contribution in [1.29, 1.82) is 0 Å². The molecule has 4 atom stereocenters. The van der Waals surface area contributed by atoms with Gasteiger partial charge in [0, 0.05) is 37.5 Å². The molecular weight excluding hydrogens is 1230 g/mol. The highest BCUT2D eigenvalue weighted by molar-refractivity contribution is 7.97. The zero-order valence-corrected chi connectivity index (χ0v) is 55.0. The molecule has 6 aromatic rings. The zero-order valence-electron chi connectivity index (χ0n) is 53.3. The van der Waals surface area contributed by atoms with Gasteiger partial charge in [0.15, 0.2) is 40.9 Å². The van der Waals surface area contributed by atoms with Crippen LogP contribution in [0, 0.1) is 77.0 Å². The Bertz CT molecular complexity index is 3030. The Labute approximate surface area is 540 Å². The van der Waals surface area contributed by atoms with Crippen molar-refractivity contribution in [3.05, 3.63) is 179 Å². The van der Waals surface area contributed by atoms with Crippen molar-refractivity contribution in [2.45, 2.75) is 195 Å². The lowest BCUT2D eigenvalue weighted by Crippen LogP contribution is -2.69. The number of carbonyl (C=O) groups excluding carboxylic acids is 2. The summed E-state index contributed by atoms with van der Waals surface area (Å²) in [5.74, 6) is -18.7. The Balaban J connectivity index is 0.000000126. The zero-order chi connectivity index (χ0) is 65.8. The van der Waals surface area contributed by atoms with E-state index in [4.69, 9.17) is 28.4 Å². The highest BCUT2D eigenvalue weighted by Crippen LogP contribution is 2.65. The molecule has 8 saturated carbocycles. The van der Waals surface area contributed by atoms with Gasteiger partial charge in [-0.15, -0.1) is 0 Å². The quantitative estimate of drug-likeness (QED) is 0.0761. The second kappa shape index (κ2) is 26.1. The number of hydrogen-bond donors (Lipinski definition) is 0. The van der Waals surface area contributed by atoms with E-state index >= 15 is 0 Å². The van der Waals surface area contributed by atoms with Crippen molar-refractivity contribution in [1.82, 2.24) is 0 Å².